The first-order chi connectivity index (χ1) is 14.5. The fraction of sp³-hybridized carbons (Fsp3) is 0.375. The summed E-state index contributed by atoms with van der Waals surface area (Å²) >= 11 is 0. The van der Waals surface area contributed by atoms with E-state index in [1.165, 1.54) is 24.1 Å². The van der Waals surface area contributed by atoms with Crippen LogP contribution in [0.4, 0.5) is 4.39 Å². The van der Waals surface area contributed by atoms with Gasteiger partial charge in [-0.15, -0.1) is 0 Å². The van der Waals surface area contributed by atoms with Crippen molar-refractivity contribution in [2.24, 2.45) is 0 Å². The van der Waals surface area contributed by atoms with Crippen LogP contribution in [-0.2, 0) is 16.0 Å². The summed E-state index contributed by atoms with van der Waals surface area (Å²) in [7, 11) is 1.39. The monoisotopic (exact) mass is 410 g/mol. The van der Waals surface area contributed by atoms with Gasteiger partial charge in [-0.25, -0.2) is 4.39 Å². The molecule has 1 aromatic heterocycles. The van der Waals surface area contributed by atoms with E-state index in [2.05, 4.69) is 16.0 Å². The number of carbonyl (C=O) groups excluding carboxylic acids is 1. The average Bonchev–Trinajstić information content (AvgIpc) is 3.13. The van der Waals surface area contributed by atoms with Gasteiger partial charge in [-0.2, -0.15) is 0 Å². The van der Waals surface area contributed by atoms with E-state index in [1.807, 2.05) is 32.0 Å². The molecule has 1 N–H and O–H groups in total. The van der Waals surface area contributed by atoms with Crippen molar-refractivity contribution in [1.29, 1.82) is 0 Å². The van der Waals surface area contributed by atoms with Gasteiger partial charge in [0.15, 0.2) is 0 Å². The first-order valence-electron chi connectivity index (χ1n) is 10.4. The van der Waals surface area contributed by atoms with Gasteiger partial charge in [-0.1, -0.05) is 18.2 Å². The maximum absolute atomic E-state index is 15.3. The quantitative estimate of drug-likeness (QED) is 0.607. The first-order valence-corrected chi connectivity index (χ1v) is 10.4. The first kappa shape index (κ1) is 20.4. The van der Waals surface area contributed by atoms with E-state index < -0.39 is 0 Å². The number of halogens is 1. The molecule has 4 rings (SSSR count). The van der Waals surface area contributed by atoms with Crippen molar-refractivity contribution < 1.29 is 18.7 Å². The second-order valence-electron chi connectivity index (χ2n) is 7.59. The number of hydrogen-bond donors (Lipinski definition) is 1. The van der Waals surface area contributed by atoms with Gasteiger partial charge in [0, 0.05) is 35.2 Å². The molecule has 0 bridgehead atoms. The van der Waals surface area contributed by atoms with Gasteiger partial charge < -0.3 is 14.5 Å². The summed E-state index contributed by atoms with van der Waals surface area (Å²) in [6, 6.07) is 11.0. The summed E-state index contributed by atoms with van der Waals surface area (Å²) in [5, 5.41) is 1.17. The molecule has 2 heterocycles. The third kappa shape index (κ3) is 3.56. The molecule has 30 heavy (non-hydrogen) atoms. The molecule has 0 amide bonds. The summed E-state index contributed by atoms with van der Waals surface area (Å²) in [4.78, 5) is 17.5. The van der Waals surface area contributed by atoms with Crippen LogP contribution in [0, 0.1) is 12.7 Å². The SMILES string of the molecule is CCOc1ccc(F)c(C2c3[nH]c4ccccc4c3CCN2CCC(=O)OC)c1C. The van der Waals surface area contributed by atoms with Gasteiger partial charge >= 0.3 is 5.97 Å². The lowest BCUT2D eigenvalue weighted by atomic mass is 9.89. The van der Waals surface area contributed by atoms with Gasteiger partial charge in [-0.05, 0) is 49.6 Å². The van der Waals surface area contributed by atoms with Gasteiger partial charge in [0.2, 0.25) is 0 Å². The fourth-order valence-corrected chi connectivity index (χ4v) is 4.52. The number of esters is 1. The van der Waals surface area contributed by atoms with Crippen molar-refractivity contribution in [1.82, 2.24) is 9.88 Å². The lowest BCUT2D eigenvalue weighted by Crippen LogP contribution is -2.38. The topological polar surface area (TPSA) is 54.6 Å². The van der Waals surface area contributed by atoms with Gasteiger partial charge in [-0.3, -0.25) is 9.69 Å². The fourth-order valence-electron chi connectivity index (χ4n) is 4.52. The highest BCUT2D eigenvalue weighted by Crippen LogP contribution is 2.42. The minimum Gasteiger partial charge on any atom is -0.494 e. The van der Waals surface area contributed by atoms with Gasteiger partial charge in [0.1, 0.15) is 11.6 Å². The van der Waals surface area contributed by atoms with E-state index in [1.54, 1.807) is 6.07 Å². The Morgan fingerprint density at radius 3 is 2.83 bits per heavy atom. The van der Waals surface area contributed by atoms with E-state index in [4.69, 9.17) is 9.47 Å². The van der Waals surface area contributed by atoms with E-state index in [9.17, 15) is 4.79 Å². The molecule has 0 fully saturated rings. The van der Waals surface area contributed by atoms with Crippen LogP contribution >= 0.6 is 0 Å². The highest BCUT2D eigenvalue weighted by Gasteiger charge is 2.35. The molecule has 1 atom stereocenters. The summed E-state index contributed by atoms with van der Waals surface area (Å²) in [6.45, 7) is 5.55. The van der Waals surface area contributed by atoms with Crippen molar-refractivity contribution in [3.63, 3.8) is 0 Å². The van der Waals surface area contributed by atoms with E-state index in [0.29, 0.717) is 24.5 Å². The van der Waals surface area contributed by atoms with Crippen LogP contribution in [-0.4, -0.2) is 42.7 Å². The largest absolute Gasteiger partial charge is 0.494 e. The van der Waals surface area contributed by atoms with Crippen LogP contribution < -0.4 is 4.74 Å². The molecule has 0 saturated heterocycles. The zero-order chi connectivity index (χ0) is 21.3. The Morgan fingerprint density at radius 2 is 2.07 bits per heavy atom. The number of carbonyl (C=O) groups is 1. The van der Waals surface area contributed by atoms with E-state index in [-0.39, 0.29) is 24.2 Å². The predicted molar refractivity (Wildman–Crippen MR) is 114 cm³/mol. The minimum atomic E-state index is -0.328. The molecule has 5 nitrogen and oxygen atoms in total. The highest BCUT2D eigenvalue weighted by molar-refractivity contribution is 5.85. The second kappa shape index (κ2) is 8.48. The zero-order valence-corrected chi connectivity index (χ0v) is 17.6. The standard InChI is InChI=1S/C24H27FN2O3/c1-4-30-20-10-9-18(25)22(15(20)2)24-23-17(16-7-5-6-8-19(16)26-23)11-13-27(24)14-12-21(28)29-3/h5-10,24,26H,4,11-14H2,1-3H3. The molecule has 3 aromatic rings. The molecule has 1 unspecified atom stereocenters. The number of rotatable bonds is 6. The summed E-state index contributed by atoms with van der Waals surface area (Å²) in [5.74, 6) is 0.150. The number of nitrogens with one attached hydrogen (secondary N) is 1. The van der Waals surface area contributed by atoms with Crippen LogP contribution in [0.3, 0.4) is 0 Å². The van der Waals surface area contributed by atoms with E-state index >= 15 is 4.39 Å². The number of H-pyrrole nitrogens is 1. The van der Waals surface area contributed by atoms with Crippen LogP contribution in [0.5, 0.6) is 5.75 Å². The smallest absolute Gasteiger partial charge is 0.306 e. The predicted octanol–water partition coefficient (Wildman–Crippen LogP) is 4.52. The number of hydrogen-bond acceptors (Lipinski definition) is 4. The molecule has 0 aliphatic carbocycles. The third-order valence-corrected chi connectivity index (χ3v) is 5.95. The van der Waals surface area contributed by atoms with Crippen molar-refractivity contribution in [2.45, 2.75) is 32.7 Å². The van der Waals surface area contributed by atoms with Crippen LogP contribution in [0.1, 0.15) is 41.8 Å². The number of aromatic nitrogens is 1. The van der Waals surface area contributed by atoms with Crippen molar-refractivity contribution in [3.05, 3.63) is 64.6 Å². The molecule has 158 valence electrons. The lowest BCUT2D eigenvalue weighted by molar-refractivity contribution is -0.141. The summed E-state index contributed by atoms with van der Waals surface area (Å²) < 4.78 is 25.8. The molecule has 0 spiro atoms. The van der Waals surface area contributed by atoms with Crippen molar-refractivity contribution in [3.8, 4) is 5.75 Å². The Labute approximate surface area is 175 Å². The van der Waals surface area contributed by atoms with Crippen LogP contribution in [0.2, 0.25) is 0 Å². The van der Waals surface area contributed by atoms with Crippen molar-refractivity contribution in [2.75, 3.05) is 26.8 Å². The molecule has 6 heteroatoms. The number of para-hydroxylation sites is 1. The van der Waals surface area contributed by atoms with E-state index in [0.717, 1.165) is 29.7 Å². The number of nitrogens with zero attached hydrogens (tertiary/aromatic N) is 1. The summed E-state index contributed by atoms with van der Waals surface area (Å²) in [6.07, 6.45) is 1.09. The van der Waals surface area contributed by atoms with Crippen molar-refractivity contribution >= 4 is 16.9 Å². The number of fused-ring (bicyclic) bond motifs is 3. The molecule has 2 aromatic carbocycles. The third-order valence-electron chi connectivity index (χ3n) is 5.95. The molecule has 0 radical (unpaired) electrons. The van der Waals surface area contributed by atoms with Crippen LogP contribution in [0.15, 0.2) is 36.4 Å². The second-order valence-corrected chi connectivity index (χ2v) is 7.59. The molecule has 0 saturated carbocycles. The van der Waals surface area contributed by atoms with Gasteiger partial charge in [0.05, 0.1) is 26.2 Å². The molecular weight excluding hydrogens is 383 g/mol. The Morgan fingerprint density at radius 1 is 1.27 bits per heavy atom. The summed E-state index contributed by atoms with van der Waals surface area (Å²) in [5.41, 5.74) is 4.63. The Hall–Kier alpha value is -2.86. The number of benzene rings is 2. The molecular formula is C24H27FN2O3. The lowest BCUT2D eigenvalue weighted by Gasteiger charge is -2.37. The number of methoxy groups -OCH3 is 1. The van der Waals surface area contributed by atoms with Crippen LogP contribution in [0.25, 0.3) is 10.9 Å². The normalized spacial score (nSPS) is 16.5. The molecule has 1 aliphatic heterocycles. The maximum Gasteiger partial charge on any atom is 0.306 e. The Balaban J connectivity index is 1.86. The Kier molecular flexibility index (Phi) is 5.77. The number of ether oxygens (including phenoxy) is 2. The Bertz CT molecular complexity index is 1080. The number of aromatic amines is 1. The minimum absolute atomic E-state index is 0.258. The maximum atomic E-state index is 15.3. The highest BCUT2D eigenvalue weighted by atomic mass is 19.1. The average molecular weight is 410 g/mol. The zero-order valence-electron chi connectivity index (χ0n) is 17.6. The van der Waals surface area contributed by atoms with Gasteiger partial charge in [0.25, 0.3) is 0 Å². The molecule has 1 aliphatic rings.